The third kappa shape index (κ3) is 4.54. The van der Waals surface area contributed by atoms with E-state index in [2.05, 4.69) is 0 Å². The van der Waals surface area contributed by atoms with Crippen molar-refractivity contribution in [1.29, 1.82) is 0 Å². The summed E-state index contributed by atoms with van der Waals surface area (Å²) in [4.78, 5) is 20.9. The van der Waals surface area contributed by atoms with Crippen molar-refractivity contribution in [3.63, 3.8) is 0 Å². The molecule has 12 heavy (non-hydrogen) atoms. The predicted octanol–water partition coefficient (Wildman–Crippen LogP) is 0.836. The fourth-order valence-electron chi connectivity index (χ4n) is 0.435. The average Bonchev–Trinajstić information content (AvgIpc) is 1.84. The monoisotopic (exact) mass is 174 g/mol. The number of nitrogens with one attached hydrogen (secondary N) is 1. The van der Waals surface area contributed by atoms with Crippen LogP contribution in [0.4, 0.5) is 9.59 Å². The van der Waals surface area contributed by atoms with E-state index in [1.54, 1.807) is 12.2 Å². The van der Waals surface area contributed by atoms with Crippen molar-refractivity contribution in [3.8, 4) is 0 Å². The highest BCUT2D eigenvalue weighted by Crippen LogP contribution is 2.04. The van der Waals surface area contributed by atoms with Crippen molar-refractivity contribution < 1.29 is 14.3 Å². The fourth-order valence-corrected chi connectivity index (χ4v) is 0.435. The molecule has 0 fully saturated rings. The molecule has 0 aromatic rings. The Bertz CT molecular complexity index is 179. The van der Waals surface area contributed by atoms with Crippen LogP contribution in [0.1, 0.15) is 20.8 Å². The number of carbonyl (C=O) groups is 2. The number of ether oxygens (including phenoxy) is 1. The standard InChI is InChI=1S/C7H14N2O3/c1-4(2)5(3)12-7(11)9-6(8)10/h4-5H,1-3H3,(H3,8,9,10,11). The van der Waals surface area contributed by atoms with Crippen molar-refractivity contribution in [2.75, 3.05) is 0 Å². The zero-order chi connectivity index (χ0) is 9.72. The smallest absolute Gasteiger partial charge is 0.415 e. The zero-order valence-electron chi connectivity index (χ0n) is 7.46. The van der Waals surface area contributed by atoms with Gasteiger partial charge in [-0.15, -0.1) is 0 Å². The van der Waals surface area contributed by atoms with Gasteiger partial charge in [-0.2, -0.15) is 0 Å². The maximum absolute atomic E-state index is 10.7. The molecule has 0 heterocycles. The van der Waals surface area contributed by atoms with Crippen molar-refractivity contribution in [2.45, 2.75) is 26.9 Å². The van der Waals surface area contributed by atoms with Gasteiger partial charge in [-0.3, -0.25) is 0 Å². The Hall–Kier alpha value is -1.26. The van der Waals surface area contributed by atoms with E-state index < -0.39 is 12.1 Å². The Balaban J connectivity index is 3.77. The quantitative estimate of drug-likeness (QED) is 0.650. The second-order valence-electron chi connectivity index (χ2n) is 2.84. The molecule has 0 radical (unpaired) electrons. The highest BCUT2D eigenvalue weighted by Gasteiger charge is 2.13. The second-order valence-corrected chi connectivity index (χ2v) is 2.84. The van der Waals surface area contributed by atoms with Gasteiger partial charge in [0.1, 0.15) is 6.10 Å². The lowest BCUT2D eigenvalue weighted by Gasteiger charge is -2.15. The molecular formula is C7H14N2O3. The van der Waals surface area contributed by atoms with Crippen LogP contribution in [0.25, 0.3) is 0 Å². The van der Waals surface area contributed by atoms with Crippen LogP contribution in [0.5, 0.6) is 0 Å². The zero-order valence-corrected chi connectivity index (χ0v) is 7.46. The number of nitrogens with two attached hydrogens (primary N) is 1. The van der Waals surface area contributed by atoms with Gasteiger partial charge in [0.15, 0.2) is 0 Å². The van der Waals surface area contributed by atoms with Gasteiger partial charge in [0.2, 0.25) is 0 Å². The van der Waals surface area contributed by atoms with Crippen molar-refractivity contribution in [2.24, 2.45) is 11.7 Å². The van der Waals surface area contributed by atoms with E-state index >= 15 is 0 Å². The molecule has 3 amide bonds. The van der Waals surface area contributed by atoms with Crippen molar-refractivity contribution in [3.05, 3.63) is 0 Å². The first-order valence-corrected chi connectivity index (χ1v) is 3.70. The summed E-state index contributed by atoms with van der Waals surface area (Å²) in [6.07, 6.45) is -1.03. The number of amides is 3. The molecular weight excluding hydrogens is 160 g/mol. The molecule has 0 bridgehead atoms. The van der Waals surface area contributed by atoms with E-state index in [1.807, 2.05) is 13.8 Å². The molecule has 5 heteroatoms. The maximum atomic E-state index is 10.7. The Morgan fingerprint density at radius 3 is 2.17 bits per heavy atom. The van der Waals surface area contributed by atoms with Gasteiger partial charge in [0.05, 0.1) is 0 Å². The Morgan fingerprint density at radius 2 is 1.83 bits per heavy atom. The van der Waals surface area contributed by atoms with Gasteiger partial charge in [-0.25, -0.2) is 14.9 Å². The lowest BCUT2D eigenvalue weighted by molar-refractivity contribution is 0.0844. The average molecular weight is 174 g/mol. The first-order valence-electron chi connectivity index (χ1n) is 3.70. The Morgan fingerprint density at radius 1 is 1.33 bits per heavy atom. The maximum Gasteiger partial charge on any atom is 0.415 e. The normalized spacial score (nSPS) is 12.3. The summed E-state index contributed by atoms with van der Waals surface area (Å²) in [7, 11) is 0. The molecule has 0 saturated carbocycles. The lowest BCUT2D eigenvalue weighted by atomic mass is 10.1. The third-order valence-electron chi connectivity index (χ3n) is 1.46. The van der Waals surface area contributed by atoms with Crippen LogP contribution in [0.3, 0.4) is 0 Å². The topological polar surface area (TPSA) is 81.4 Å². The first kappa shape index (κ1) is 10.7. The molecule has 70 valence electrons. The number of rotatable bonds is 2. The van der Waals surface area contributed by atoms with Gasteiger partial charge in [-0.1, -0.05) is 13.8 Å². The number of carbonyl (C=O) groups excluding carboxylic acids is 2. The van der Waals surface area contributed by atoms with Crippen molar-refractivity contribution in [1.82, 2.24) is 5.32 Å². The highest BCUT2D eigenvalue weighted by atomic mass is 16.6. The van der Waals surface area contributed by atoms with E-state index in [-0.39, 0.29) is 12.0 Å². The molecule has 0 saturated heterocycles. The molecule has 0 aromatic carbocycles. The molecule has 0 aromatic heterocycles. The minimum Gasteiger partial charge on any atom is -0.446 e. The van der Waals surface area contributed by atoms with Gasteiger partial charge in [-0.05, 0) is 12.8 Å². The fraction of sp³-hybridized carbons (Fsp3) is 0.714. The summed E-state index contributed by atoms with van der Waals surface area (Å²) >= 11 is 0. The van der Waals surface area contributed by atoms with Crippen molar-refractivity contribution >= 4 is 12.1 Å². The van der Waals surface area contributed by atoms with E-state index in [0.717, 1.165) is 0 Å². The van der Waals surface area contributed by atoms with E-state index in [0.29, 0.717) is 0 Å². The van der Waals surface area contributed by atoms with Gasteiger partial charge in [0, 0.05) is 0 Å². The largest absolute Gasteiger partial charge is 0.446 e. The second kappa shape index (κ2) is 4.58. The number of primary amides is 1. The molecule has 0 aliphatic carbocycles. The van der Waals surface area contributed by atoms with Crippen LogP contribution in [0, 0.1) is 5.92 Å². The number of urea groups is 1. The summed E-state index contributed by atoms with van der Waals surface area (Å²) in [5, 5.41) is 1.81. The molecule has 5 nitrogen and oxygen atoms in total. The van der Waals surface area contributed by atoms with E-state index in [4.69, 9.17) is 10.5 Å². The van der Waals surface area contributed by atoms with Crippen LogP contribution in [0.15, 0.2) is 0 Å². The molecule has 1 atom stereocenters. The molecule has 0 aliphatic rings. The highest BCUT2D eigenvalue weighted by molar-refractivity contribution is 5.89. The van der Waals surface area contributed by atoms with Crippen LogP contribution in [0.2, 0.25) is 0 Å². The summed E-state index contributed by atoms with van der Waals surface area (Å²) < 4.78 is 4.77. The molecule has 1 unspecified atom stereocenters. The summed E-state index contributed by atoms with van der Waals surface area (Å²) in [6.45, 7) is 5.55. The minimum absolute atomic E-state index is 0.212. The number of hydrogen-bond donors (Lipinski definition) is 2. The van der Waals surface area contributed by atoms with E-state index in [9.17, 15) is 9.59 Å². The number of imide groups is 1. The lowest BCUT2D eigenvalue weighted by Crippen LogP contribution is -2.37. The third-order valence-corrected chi connectivity index (χ3v) is 1.46. The van der Waals surface area contributed by atoms with Gasteiger partial charge < -0.3 is 10.5 Å². The Kier molecular flexibility index (Phi) is 4.10. The van der Waals surface area contributed by atoms with Crippen LogP contribution in [-0.2, 0) is 4.74 Å². The first-order chi connectivity index (χ1) is 5.43. The molecule has 3 N–H and O–H groups in total. The predicted molar refractivity (Wildman–Crippen MR) is 43.5 cm³/mol. The molecule has 0 aliphatic heterocycles. The van der Waals surface area contributed by atoms with Gasteiger partial charge in [0.25, 0.3) is 0 Å². The van der Waals surface area contributed by atoms with Crippen LogP contribution < -0.4 is 11.1 Å². The van der Waals surface area contributed by atoms with E-state index in [1.165, 1.54) is 0 Å². The van der Waals surface area contributed by atoms with Crippen LogP contribution >= 0.6 is 0 Å². The molecule has 0 rings (SSSR count). The number of hydrogen-bond acceptors (Lipinski definition) is 3. The minimum atomic E-state index is -0.907. The molecule has 0 spiro atoms. The summed E-state index contributed by atoms with van der Waals surface area (Å²) in [5.74, 6) is 0.212. The SMILES string of the molecule is CC(C)C(C)OC(=O)NC(N)=O. The van der Waals surface area contributed by atoms with Gasteiger partial charge >= 0.3 is 12.1 Å². The summed E-state index contributed by atoms with van der Waals surface area (Å²) in [6, 6.07) is -0.907. The Labute approximate surface area is 71.3 Å². The number of alkyl carbamates (subject to hydrolysis) is 1. The summed E-state index contributed by atoms with van der Waals surface area (Å²) in [5.41, 5.74) is 4.69. The van der Waals surface area contributed by atoms with Crippen LogP contribution in [-0.4, -0.2) is 18.2 Å².